The van der Waals surface area contributed by atoms with Crippen LogP contribution >= 0.6 is 0 Å². The van der Waals surface area contributed by atoms with Gasteiger partial charge in [0.05, 0.1) is 4.90 Å². The molecule has 1 aromatic rings. The predicted octanol–water partition coefficient (Wildman–Crippen LogP) is 0.162. The van der Waals surface area contributed by atoms with E-state index in [0.29, 0.717) is 17.7 Å². The zero-order valence-corrected chi connectivity index (χ0v) is 11.5. The molecule has 0 bridgehead atoms. The highest BCUT2D eigenvalue weighted by Crippen LogP contribution is 2.30. The van der Waals surface area contributed by atoms with Crippen molar-refractivity contribution in [2.24, 2.45) is 5.14 Å². The minimum atomic E-state index is -3.74. The Morgan fingerprint density at radius 3 is 2.74 bits per heavy atom. The second-order valence-corrected chi connectivity index (χ2v) is 6.35. The lowest BCUT2D eigenvalue weighted by molar-refractivity contribution is -0.127. The average molecular weight is 284 g/mol. The number of carbonyl (C=O) groups is 1. The van der Waals surface area contributed by atoms with Crippen LogP contribution in [0.4, 0.5) is 0 Å². The van der Waals surface area contributed by atoms with Crippen LogP contribution in [-0.2, 0) is 21.2 Å². The fourth-order valence-corrected chi connectivity index (χ4v) is 2.49. The quantitative estimate of drug-likeness (QED) is 0.826. The van der Waals surface area contributed by atoms with E-state index in [1.165, 1.54) is 18.2 Å². The Morgan fingerprint density at radius 1 is 1.47 bits per heavy atom. The first-order valence-electron chi connectivity index (χ1n) is 5.90. The van der Waals surface area contributed by atoms with Gasteiger partial charge in [-0.15, -0.1) is 0 Å². The van der Waals surface area contributed by atoms with E-state index in [2.05, 4.69) is 5.32 Å². The minimum absolute atomic E-state index is 0.0276. The molecule has 0 radical (unpaired) electrons. The third kappa shape index (κ3) is 3.05. The van der Waals surface area contributed by atoms with Gasteiger partial charge in [-0.3, -0.25) is 4.79 Å². The molecule has 19 heavy (non-hydrogen) atoms. The summed E-state index contributed by atoms with van der Waals surface area (Å²) in [5, 5.41) is 7.82. The largest absolute Gasteiger partial charge is 0.480 e. The van der Waals surface area contributed by atoms with E-state index in [1.807, 2.05) is 13.8 Å². The maximum atomic E-state index is 11.8. The van der Waals surface area contributed by atoms with Crippen LogP contribution in [0.2, 0.25) is 0 Å². The minimum Gasteiger partial charge on any atom is -0.480 e. The van der Waals surface area contributed by atoms with Gasteiger partial charge >= 0.3 is 0 Å². The van der Waals surface area contributed by atoms with Gasteiger partial charge in [0.15, 0.2) is 6.10 Å². The Morgan fingerprint density at radius 2 is 2.16 bits per heavy atom. The van der Waals surface area contributed by atoms with Crippen molar-refractivity contribution in [3.8, 4) is 5.75 Å². The summed E-state index contributed by atoms with van der Waals surface area (Å²) in [6, 6.07) is 4.38. The van der Waals surface area contributed by atoms with E-state index < -0.39 is 16.1 Å². The van der Waals surface area contributed by atoms with E-state index in [0.717, 1.165) is 0 Å². The first-order valence-corrected chi connectivity index (χ1v) is 7.45. The van der Waals surface area contributed by atoms with Crippen LogP contribution in [0, 0.1) is 0 Å². The molecule has 0 spiro atoms. The number of rotatable bonds is 3. The maximum absolute atomic E-state index is 11.8. The van der Waals surface area contributed by atoms with Gasteiger partial charge in [-0.2, -0.15) is 0 Å². The SMILES string of the molecule is CC(C)NC(=O)C1Cc2cc(S(N)(=O)=O)ccc2O1. The first kappa shape index (κ1) is 13.8. The van der Waals surface area contributed by atoms with Gasteiger partial charge in [0.2, 0.25) is 10.0 Å². The highest BCUT2D eigenvalue weighted by Gasteiger charge is 2.30. The number of amides is 1. The van der Waals surface area contributed by atoms with Gasteiger partial charge in [0.25, 0.3) is 5.91 Å². The smallest absolute Gasteiger partial charge is 0.261 e. The van der Waals surface area contributed by atoms with Crippen molar-refractivity contribution in [1.29, 1.82) is 0 Å². The molecular formula is C12H16N2O4S. The number of primary sulfonamides is 1. The summed E-state index contributed by atoms with van der Waals surface area (Å²) in [6.45, 7) is 3.72. The zero-order valence-electron chi connectivity index (χ0n) is 10.7. The number of fused-ring (bicyclic) bond motifs is 1. The molecule has 1 amide bonds. The summed E-state index contributed by atoms with van der Waals surface area (Å²) in [5.41, 5.74) is 0.676. The van der Waals surface area contributed by atoms with Crippen LogP contribution in [0.5, 0.6) is 5.75 Å². The van der Waals surface area contributed by atoms with Gasteiger partial charge in [-0.05, 0) is 37.6 Å². The van der Waals surface area contributed by atoms with Crippen LogP contribution < -0.4 is 15.2 Å². The summed E-state index contributed by atoms with van der Waals surface area (Å²) in [4.78, 5) is 11.9. The van der Waals surface area contributed by atoms with Gasteiger partial charge in [0, 0.05) is 12.5 Å². The summed E-state index contributed by atoms with van der Waals surface area (Å²) < 4.78 is 28.0. The lowest BCUT2D eigenvalue weighted by Gasteiger charge is -2.13. The van der Waals surface area contributed by atoms with Gasteiger partial charge in [0.1, 0.15) is 5.75 Å². The fourth-order valence-electron chi connectivity index (χ4n) is 1.93. The number of sulfonamides is 1. The van der Waals surface area contributed by atoms with Crippen LogP contribution in [0.15, 0.2) is 23.1 Å². The molecular weight excluding hydrogens is 268 g/mol. The summed E-state index contributed by atoms with van der Waals surface area (Å²) in [6.07, 6.45) is -0.273. The van der Waals surface area contributed by atoms with Gasteiger partial charge < -0.3 is 10.1 Å². The molecule has 1 aromatic carbocycles. The highest BCUT2D eigenvalue weighted by atomic mass is 32.2. The van der Waals surface area contributed by atoms with Gasteiger partial charge in [-0.25, -0.2) is 13.6 Å². The molecule has 0 fully saturated rings. The third-order valence-corrected chi connectivity index (χ3v) is 3.67. The fraction of sp³-hybridized carbons (Fsp3) is 0.417. The monoisotopic (exact) mass is 284 g/mol. The first-order chi connectivity index (χ1) is 8.77. The number of ether oxygens (including phenoxy) is 1. The summed E-state index contributed by atoms with van der Waals surface area (Å²) in [5.74, 6) is 0.319. The van der Waals surface area contributed by atoms with Crippen molar-refractivity contribution >= 4 is 15.9 Å². The highest BCUT2D eigenvalue weighted by molar-refractivity contribution is 7.89. The van der Waals surface area contributed by atoms with Crippen LogP contribution in [-0.4, -0.2) is 26.5 Å². The molecule has 1 aliphatic heterocycles. The van der Waals surface area contributed by atoms with Crippen LogP contribution in [0.25, 0.3) is 0 Å². The Labute approximate surface area is 112 Å². The number of nitrogens with two attached hydrogens (primary N) is 1. The second kappa shape index (κ2) is 4.82. The van der Waals surface area contributed by atoms with Crippen LogP contribution in [0.1, 0.15) is 19.4 Å². The lowest BCUT2D eigenvalue weighted by Crippen LogP contribution is -2.40. The number of nitrogens with one attached hydrogen (secondary N) is 1. The molecule has 0 aliphatic carbocycles. The number of hydrogen-bond acceptors (Lipinski definition) is 4. The van der Waals surface area contributed by atoms with E-state index in [-0.39, 0.29) is 16.8 Å². The third-order valence-electron chi connectivity index (χ3n) is 2.76. The van der Waals surface area contributed by atoms with E-state index >= 15 is 0 Å². The normalized spacial score (nSPS) is 18.0. The van der Waals surface area contributed by atoms with Crippen LogP contribution in [0.3, 0.4) is 0 Å². The van der Waals surface area contributed by atoms with E-state index in [1.54, 1.807) is 0 Å². The Hall–Kier alpha value is -1.60. The van der Waals surface area contributed by atoms with Crippen molar-refractivity contribution < 1.29 is 17.9 Å². The Bertz CT molecular complexity index is 610. The molecule has 1 atom stereocenters. The van der Waals surface area contributed by atoms with E-state index in [9.17, 15) is 13.2 Å². The number of benzene rings is 1. The second-order valence-electron chi connectivity index (χ2n) is 4.79. The molecule has 0 aromatic heterocycles. The molecule has 104 valence electrons. The van der Waals surface area contributed by atoms with E-state index in [4.69, 9.17) is 9.88 Å². The van der Waals surface area contributed by atoms with Crippen molar-refractivity contribution in [3.63, 3.8) is 0 Å². The van der Waals surface area contributed by atoms with Crippen molar-refractivity contribution in [3.05, 3.63) is 23.8 Å². The topological polar surface area (TPSA) is 98.5 Å². The summed E-state index contributed by atoms with van der Waals surface area (Å²) in [7, 11) is -3.74. The Kier molecular flexibility index (Phi) is 3.51. The average Bonchev–Trinajstić information content (AvgIpc) is 2.69. The van der Waals surface area contributed by atoms with Crippen molar-refractivity contribution in [1.82, 2.24) is 5.32 Å². The molecule has 1 unspecified atom stereocenters. The molecule has 1 aliphatic rings. The standard InChI is InChI=1S/C12H16N2O4S/c1-7(2)14-12(15)11-6-8-5-9(19(13,16)17)3-4-10(8)18-11/h3-5,7,11H,6H2,1-2H3,(H,14,15)(H2,13,16,17). The molecule has 2 rings (SSSR count). The molecule has 0 saturated heterocycles. The van der Waals surface area contributed by atoms with Crippen molar-refractivity contribution in [2.45, 2.75) is 37.3 Å². The molecule has 1 heterocycles. The maximum Gasteiger partial charge on any atom is 0.261 e. The van der Waals surface area contributed by atoms with Crippen molar-refractivity contribution in [2.75, 3.05) is 0 Å². The lowest BCUT2D eigenvalue weighted by atomic mass is 10.1. The molecule has 3 N–H and O–H groups in total. The van der Waals surface area contributed by atoms with Gasteiger partial charge in [-0.1, -0.05) is 0 Å². The number of carbonyl (C=O) groups excluding carboxylic acids is 1. The molecule has 0 saturated carbocycles. The Balaban J connectivity index is 2.19. The molecule has 6 nitrogen and oxygen atoms in total. The molecule has 7 heteroatoms. The predicted molar refractivity (Wildman–Crippen MR) is 69.2 cm³/mol. The zero-order chi connectivity index (χ0) is 14.2. The number of hydrogen-bond donors (Lipinski definition) is 2. The summed E-state index contributed by atoms with van der Waals surface area (Å²) >= 11 is 0.